The van der Waals surface area contributed by atoms with Crippen molar-refractivity contribution in [2.45, 2.75) is 6.42 Å². The summed E-state index contributed by atoms with van der Waals surface area (Å²) in [6.07, 6.45) is 5.96. The lowest BCUT2D eigenvalue weighted by molar-refractivity contribution is 0.156. The van der Waals surface area contributed by atoms with Crippen molar-refractivity contribution in [3.63, 3.8) is 0 Å². The van der Waals surface area contributed by atoms with Gasteiger partial charge in [-0.25, -0.2) is 9.51 Å². The van der Waals surface area contributed by atoms with E-state index in [1.165, 1.54) is 6.08 Å². The second-order valence-electron chi connectivity index (χ2n) is 6.90. The molecule has 29 heavy (non-hydrogen) atoms. The van der Waals surface area contributed by atoms with Crippen molar-refractivity contribution in [3.05, 3.63) is 48.0 Å². The van der Waals surface area contributed by atoms with Crippen molar-refractivity contribution in [3.8, 4) is 0 Å². The Morgan fingerprint density at radius 2 is 2.17 bits per heavy atom. The zero-order chi connectivity index (χ0) is 20.8. The predicted molar refractivity (Wildman–Crippen MR) is 115 cm³/mol. The van der Waals surface area contributed by atoms with Crippen LogP contribution in [0.4, 0.5) is 11.5 Å². The number of pyridine rings is 1. The molecule has 0 aliphatic heterocycles. The smallest absolute Gasteiger partial charge is 0.175 e. The minimum Gasteiger partial charge on any atom is -0.489 e. The molecular weight excluding hydrogens is 370 g/mol. The summed E-state index contributed by atoms with van der Waals surface area (Å²) < 4.78 is 7.20. The average molecular weight is 397 g/mol. The third-order valence-corrected chi connectivity index (χ3v) is 4.30. The lowest BCUT2D eigenvalue weighted by Gasteiger charge is -2.15. The Morgan fingerprint density at radius 1 is 1.34 bits per heavy atom. The predicted octanol–water partition coefficient (Wildman–Crippen LogP) is 1.54. The van der Waals surface area contributed by atoms with Gasteiger partial charge in [0, 0.05) is 18.8 Å². The van der Waals surface area contributed by atoms with Gasteiger partial charge in [-0.3, -0.25) is 5.41 Å². The van der Waals surface area contributed by atoms with Crippen molar-refractivity contribution in [2.24, 2.45) is 10.7 Å². The van der Waals surface area contributed by atoms with E-state index in [0.717, 1.165) is 25.0 Å². The zero-order valence-electron chi connectivity index (χ0n) is 16.7. The molecule has 0 atom stereocenters. The first-order chi connectivity index (χ1) is 14.0. The molecule has 0 bridgehead atoms. The molecule has 2 heterocycles. The standard InChI is InChI=1S/C20H27N7O2/c1-26(2)8-5-7-23-20-19(17-6-3-4-9-27(17)25-20)24-16-13-18(29-11-10-28)15(22)12-14(16)21/h3-4,6,9,12-13,22,28H,5,7-8,10-11,21H2,1-2H3,(H,23,25)/b22-15?,24-16+. The van der Waals surface area contributed by atoms with Crippen LogP contribution in [0, 0.1) is 5.41 Å². The first kappa shape index (κ1) is 20.6. The number of aliphatic hydroxyl groups excluding tert-OH is 1. The Hall–Kier alpha value is -3.17. The molecule has 0 unspecified atom stereocenters. The molecule has 9 heteroatoms. The number of rotatable bonds is 9. The van der Waals surface area contributed by atoms with Gasteiger partial charge in [0.05, 0.1) is 29.2 Å². The van der Waals surface area contributed by atoms with Crippen LogP contribution in [0.1, 0.15) is 6.42 Å². The van der Waals surface area contributed by atoms with E-state index >= 15 is 0 Å². The molecule has 9 nitrogen and oxygen atoms in total. The molecule has 2 aromatic heterocycles. The first-order valence-electron chi connectivity index (χ1n) is 9.46. The Kier molecular flexibility index (Phi) is 6.63. The number of hydrogen-bond donors (Lipinski definition) is 4. The zero-order valence-corrected chi connectivity index (χ0v) is 16.7. The topological polar surface area (TPSA) is 124 Å². The van der Waals surface area contributed by atoms with Crippen LogP contribution in [-0.4, -0.2) is 71.4 Å². The van der Waals surface area contributed by atoms with Crippen molar-refractivity contribution in [1.82, 2.24) is 14.5 Å². The number of aromatic nitrogens is 2. The molecular formula is C20H27N7O2. The van der Waals surface area contributed by atoms with Crippen LogP contribution in [0.3, 0.4) is 0 Å². The summed E-state index contributed by atoms with van der Waals surface area (Å²) in [6.45, 7) is 1.70. The number of nitrogens with one attached hydrogen (secondary N) is 2. The highest BCUT2D eigenvalue weighted by molar-refractivity contribution is 6.22. The number of fused-ring (bicyclic) bond motifs is 1. The molecule has 0 amide bonds. The van der Waals surface area contributed by atoms with Crippen LogP contribution in [0.5, 0.6) is 0 Å². The molecule has 2 aromatic rings. The number of hydrogen-bond acceptors (Lipinski definition) is 8. The third-order valence-electron chi connectivity index (χ3n) is 4.30. The maximum absolute atomic E-state index is 8.98. The fourth-order valence-electron chi connectivity index (χ4n) is 2.90. The number of aliphatic imine (C=N–C) groups is 1. The van der Waals surface area contributed by atoms with Gasteiger partial charge in [0.15, 0.2) is 5.82 Å². The van der Waals surface area contributed by atoms with E-state index in [1.54, 1.807) is 10.6 Å². The second kappa shape index (κ2) is 9.35. The summed E-state index contributed by atoms with van der Waals surface area (Å²) >= 11 is 0. The second-order valence-corrected chi connectivity index (χ2v) is 6.90. The van der Waals surface area contributed by atoms with Crippen molar-refractivity contribution >= 4 is 28.4 Å². The van der Waals surface area contributed by atoms with E-state index in [1.807, 2.05) is 38.5 Å². The molecule has 0 fully saturated rings. The molecule has 0 radical (unpaired) electrons. The van der Waals surface area contributed by atoms with Gasteiger partial charge in [-0.05, 0) is 45.3 Å². The number of nitrogens with two attached hydrogens (primary N) is 1. The molecule has 0 spiro atoms. The number of aliphatic hydroxyl groups is 1. The Balaban J connectivity index is 1.94. The minimum atomic E-state index is -0.134. The monoisotopic (exact) mass is 397 g/mol. The van der Waals surface area contributed by atoms with Gasteiger partial charge in [0.2, 0.25) is 0 Å². The highest BCUT2D eigenvalue weighted by atomic mass is 16.5. The van der Waals surface area contributed by atoms with E-state index in [0.29, 0.717) is 28.7 Å². The number of nitrogens with zero attached hydrogens (tertiary/aromatic N) is 4. The third kappa shape index (κ3) is 5.01. The van der Waals surface area contributed by atoms with E-state index in [4.69, 9.17) is 26.0 Å². The van der Waals surface area contributed by atoms with Gasteiger partial charge < -0.3 is 25.8 Å². The fraction of sp³-hybridized carbons (Fsp3) is 0.350. The minimum absolute atomic E-state index is 0.102. The molecule has 0 aromatic carbocycles. The summed E-state index contributed by atoms with van der Waals surface area (Å²) in [5.74, 6) is 0.992. The Labute approximate surface area is 169 Å². The lowest BCUT2D eigenvalue weighted by atomic mass is 10.1. The normalized spacial score (nSPS) is 15.7. The molecule has 0 saturated heterocycles. The highest BCUT2D eigenvalue weighted by Crippen LogP contribution is 2.31. The summed E-state index contributed by atoms with van der Waals surface area (Å²) in [5.41, 5.74) is 8.64. The number of allylic oxidation sites excluding steroid dienone is 2. The van der Waals surface area contributed by atoms with Crippen LogP contribution in [0.2, 0.25) is 0 Å². The van der Waals surface area contributed by atoms with E-state index < -0.39 is 0 Å². The van der Waals surface area contributed by atoms with Gasteiger partial charge in [-0.1, -0.05) is 6.07 Å². The summed E-state index contributed by atoms with van der Waals surface area (Å²) in [6, 6.07) is 5.77. The lowest BCUT2D eigenvalue weighted by Crippen LogP contribution is -2.20. The molecule has 154 valence electrons. The molecule has 0 saturated carbocycles. The van der Waals surface area contributed by atoms with Gasteiger partial charge in [-0.15, -0.1) is 5.10 Å². The fourth-order valence-corrected chi connectivity index (χ4v) is 2.90. The maximum Gasteiger partial charge on any atom is 0.175 e. The van der Waals surface area contributed by atoms with E-state index in [9.17, 15) is 0 Å². The van der Waals surface area contributed by atoms with Crippen LogP contribution in [0.15, 0.2) is 53.0 Å². The SMILES string of the molecule is CN(C)CCCNc1nn2ccccc2c1/N=C1\C=C(OCCO)C(=N)C=C1N. The summed E-state index contributed by atoms with van der Waals surface area (Å²) in [5, 5.41) is 24.9. The van der Waals surface area contributed by atoms with Gasteiger partial charge in [0.25, 0.3) is 0 Å². The quantitative estimate of drug-likeness (QED) is 0.376. The van der Waals surface area contributed by atoms with Crippen LogP contribution >= 0.6 is 0 Å². The van der Waals surface area contributed by atoms with Gasteiger partial charge >= 0.3 is 0 Å². The first-order valence-corrected chi connectivity index (χ1v) is 9.46. The molecule has 1 aliphatic rings. The maximum atomic E-state index is 8.98. The van der Waals surface area contributed by atoms with Crippen LogP contribution in [-0.2, 0) is 4.74 Å². The molecule has 1 aliphatic carbocycles. The van der Waals surface area contributed by atoms with Crippen LogP contribution in [0.25, 0.3) is 5.52 Å². The highest BCUT2D eigenvalue weighted by Gasteiger charge is 2.18. The van der Waals surface area contributed by atoms with Crippen molar-refractivity contribution in [2.75, 3.05) is 45.7 Å². The van der Waals surface area contributed by atoms with Crippen LogP contribution < -0.4 is 11.1 Å². The van der Waals surface area contributed by atoms with Gasteiger partial charge in [-0.2, -0.15) is 0 Å². The largest absolute Gasteiger partial charge is 0.489 e. The Bertz CT molecular complexity index is 972. The van der Waals surface area contributed by atoms with E-state index in [2.05, 4.69) is 15.3 Å². The number of anilines is 1. The summed E-state index contributed by atoms with van der Waals surface area (Å²) in [7, 11) is 4.09. The molecule has 5 N–H and O–H groups in total. The summed E-state index contributed by atoms with van der Waals surface area (Å²) in [4.78, 5) is 6.88. The molecule has 3 rings (SSSR count). The van der Waals surface area contributed by atoms with Gasteiger partial charge in [0.1, 0.15) is 18.1 Å². The Morgan fingerprint density at radius 3 is 2.93 bits per heavy atom. The average Bonchev–Trinajstić information content (AvgIpc) is 3.03. The number of ether oxygens (including phenoxy) is 1. The van der Waals surface area contributed by atoms with Crippen molar-refractivity contribution in [1.29, 1.82) is 5.41 Å². The van der Waals surface area contributed by atoms with E-state index in [-0.39, 0.29) is 18.9 Å². The van der Waals surface area contributed by atoms with Crippen molar-refractivity contribution < 1.29 is 9.84 Å².